The summed E-state index contributed by atoms with van der Waals surface area (Å²) in [5.41, 5.74) is 5.10. The van der Waals surface area contributed by atoms with Crippen LogP contribution in [-0.4, -0.2) is 49.9 Å². The summed E-state index contributed by atoms with van der Waals surface area (Å²) in [7, 11) is 3.01. The fraction of sp³-hybridized carbons (Fsp3) is 0.357. The van der Waals surface area contributed by atoms with Crippen LogP contribution in [0.5, 0.6) is 0 Å². The lowest BCUT2D eigenvalue weighted by Gasteiger charge is -2.15. The van der Waals surface area contributed by atoms with E-state index in [0.29, 0.717) is 12.1 Å². The Balaban J connectivity index is 2.27. The molecule has 0 aromatic heterocycles. The van der Waals surface area contributed by atoms with Crippen LogP contribution in [0.15, 0.2) is 30.3 Å². The predicted octanol–water partition coefficient (Wildman–Crippen LogP) is -0.0575. The Morgan fingerprint density at radius 2 is 1.81 bits per heavy atom. The van der Waals surface area contributed by atoms with E-state index in [4.69, 9.17) is 0 Å². The normalized spacial score (nSPS) is 10.0. The van der Waals surface area contributed by atoms with Gasteiger partial charge in [0.25, 0.3) is 11.8 Å². The fourth-order valence-electron chi connectivity index (χ4n) is 1.54. The number of ether oxygens (including phenoxy) is 1. The maximum atomic E-state index is 11.7. The number of methoxy groups -OCH3 is 1. The number of carbonyl (C=O) groups is 3. The Labute approximate surface area is 123 Å². The maximum absolute atomic E-state index is 11.7. The molecule has 0 fully saturated rings. The van der Waals surface area contributed by atoms with E-state index in [9.17, 15) is 14.4 Å². The van der Waals surface area contributed by atoms with Crippen molar-refractivity contribution in [3.8, 4) is 0 Å². The van der Waals surface area contributed by atoms with Gasteiger partial charge in [0.2, 0.25) is 0 Å². The van der Waals surface area contributed by atoms with Crippen LogP contribution in [0.4, 0.5) is 0 Å². The number of rotatable bonds is 6. The minimum atomic E-state index is -0.388. The molecule has 0 atom stereocenters. The van der Waals surface area contributed by atoms with E-state index in [1.807, 2.05) is 0 Å². The quantitative estimate of drug-likeness (QED) is 0.567. The highest BCUT2D eigenvalue weighted by molar-refractivity contribution is 5.95. The third-order valence-electron chi connectivity index (χ3n) is 2.69. The van der Waals surface area contributed by atoms with Gasteiger partial charge < -0.3 is 4.74 Å². The van der Waals surface area contributed by atoms with E-state index in [1.54, 1.807) is 42.3 Å². The Hall–Kier alpha value is -2.41. The van der Waals surface area contributed by atoms with Gasteiger partial charge in [0.15, 0.2) is 0 Å². The first kappa shape index (κ1) is 16.6. The van der Waals surface area contributed by atoms with Crippen LogP contribution >= 0.6 is 0 Å². The summed E-state index contributed by atoms with van der Waals surface area (Å²) >= 11 is 0. The first-order valence-corrected chi connectivity index (χ1v) is 6.42. The van der Waals surface area contributed by atoms with Gasteiger partial charge in [-0.3, -0.25) is 30.1 Å². The van der Waals surface area contributed by atoms with Gasteiger partial charge in [0.05, 0.1) is 20.1 Å². The molecule has 2 amide bonds. The molecule has 1 rings (SSSR count). The van der Waals surface area contributed by atoms with Gasteiger partial charge in [0, 0.05) is 12.1 Å². The average Bonchev–Trinajstić information content (AvgIpc) is 2.51. The van der Waals surface area contributed by atoms with Crippen LogP contribution in [0, 0.1) is 0 Å². The number of likely N-dealkylation sites (N-methyl/N-ethyl adjacent to an activating group) is 1. The van der Waals surface area contributed by atoms with Gasteiger partial charge in [-0.1, -0.05) is 18.2 Å². The van der Waals surface area contributed by atoms with Gasteiger partial charge in [-0.15, -0.1) is 0 Å². The summed E-state index contributed by atoms with van der Waals surface area (Å²) in [6.45, 7) is 0.457. The molecule has 0 saturated carbocycles. The lowest BCUT2D eigenvalue weighted by Crippen LogP contribution is -2.46. The van der Waals surface area contributed by atoms with Crippen molar-refractivity contribution in [2.45, 2.75) is 6.42 Å². The second-order valence-corrected chi connectivity index (χ2v) is 4.43. The number of hydrogen-bond donors (Lipinski definition) is 2. The van der Waals surface area contributed by atoms with E-state index in [0.717, 1.165) is 0 Å². The molecular weight excluding hydrogens is 274 g/mol. The first-order valence-electron chi connectivity index (χ1n) is 6.42. The van der Waals surface area contributed by atoms with Crippen molar-refractivity contribution >= 4 is 17.8 Å². The molecule has 1 aromatic carbocycles. The number of nitrogens with zero attached hydrogens (tertiary/aromatic N) is 1. The van der Waals surface area contributed by atoms with Crippen LogP contribution in [-0.2, 0) is 14.3 Å². The summed E-state index contributed by atoms with van der Waals surface area (Å²) < 4.78 is 4.51. The highest BCUT2D eigenvalue weighted by atomic mass is 16.5. The van der Waals surface area contributed by atoms with E-state index in [1.165, 1.54) is 7.11 Å². The zero-order chi connectivity index (χ0) is 15.7. The van der Waals surface area contributed by atoms with E-state index < -0.39 is 0 Å². The second kappa shape index (κ2) is 8.70. The van der Waals surface area contributed by atoms with Crippen molar-refractivity contribution in [3.63, 3.8) is 0 Å². The number of hydrazine groups is 1. The number of amides is 2. The number of hydrogen-bond acceptors (Lipinski definition) is 5. The van der Waals surface area contributed by atoms with Crippen molar-refractivity contribution in [2.75, 3.05) is 27.2 Å². The van der Waals surface area contributed by atoms with Crippen LogP contribution in [0.1, 0.15) is 16.8 Å². The summed E-state index contributed by atoms with van der Waals surface area (Å²) in [6.07, 6.45) is 0.205. The molecule has 0 aliphatic rings. The largest absolute Gasteiger partial charge is 0.469 e. The molecular formula is C14H19N3O4. The van der Waals surface area contributed by atoms with E-state index in [-0.39, 0.29) is 30.7 Å². The van der Waals surface area contributed by atoms with Crippen molar-refractivity contribution in [3.05, 3.63) is 35.9 Å². The standard InChI is InChI=1S/C14H19N3O4/c1-17(9-8-13(19)21-2)10-12(18)15-16-14(20)11-6-4-3-5-7-11/h3-7H,8-10H2,1-2H3,(H,15,18)(H,16,20). The molecule has 21 heavy (non-hydrogen) atoms. The molecule has 0 unspecified atom stereocenters. The highest BCUT2D eigenvalue weighted by Gasteiger charge is 2.10. The zero-order valence-corrected chi connectivity index (χ0v) is 12.1. The van der Waals surface area contributed by atoms with Gasteiger partial charge in [0.1, 0.15) is 0 Å². The molecule has 0 bridgehead atoms. The monoisotopic (exact) mass is 293 g/mol. The van der Waals surface area contributed by atoms with Gasteiger partial charge in [-0.25, -0.2) is 0 Å². The minimum absolute atomic E-state index is 0.0616. The first-order chi connectivity index (χ1) is 10.0. The molecule has 0 aliphatic heterocycles. The van der Waals surface area contributed by atoms with E-state index in [2.05, 4.69) is 15.6 Å². The third kappa shape index (κ3) is 6.53. The number of esters is 1. The van der Waals surface area contributed by atoms with Crippen molar-refractivity contribution in [1.29, 1.82) is 0 Å². The van der Waals surface area contributed by atoms with Crippen LogP contribution in [0.2, 0.25) is 0 Å². The molecule has 2 N–H and O–H groups in total. The van der Waals surface area contributed by atoms with Gasteiger partial charge in [-0.05, 0) is 19.2 Å². The van der Waals surface area contributed by atoms with Crippen LogP contribution in [0.3, 0.4) is 0 Å². The van der Waals surface area contributed by atoms with Crippen LogP contribution in [0.25, 0.3) is 0 Å². The summed E-state index contributed by atoms with van der Waals surface area (Å²) in [5.74, 6) is -1.09. The molecule has 0 radical (unpaired) electrons. The number of carbonyl (C=O) groups excluding carboxylic acids is 3. The lowest BCUT2D eigenvalue weighted by atomic mass is 10.2. The molecule has 1 aromatic rings. The maximum Gasteiger partial charge on any atom is 0.306 e. The summed E-state index contributed by atoms with van der Waals surface area (Å²) in [6, 6.07) is 8.55. The number of benzene rings is 1. The Morgan fingerprint density at radius 1 is 1.14 bits per heavy atom. The Kier molecular flexibility index (Phi) is 6.90. The molecule has 0 saturated heterocycles. The summed E-state index contributed by atoms with van der Waals surface area (Å²) in [4.78, 5) is 35.9. The van der Waals surface area contributed by atoms with Crippen LogP contribution < -0.4 is 10.9 Å². The molecule has 0 heterocycles. The molecule has 0 aliphatic carbocycles. The average molecular weight is 293 g/mol. The SMILES string of the molecule is COC(=O)CCN(C)CC(=O)NNC(=O)c1ccccc1. The smallest absolute Gasteiger partial charge is 0.306 e. The van der Waals surface area contributed by atoms with Crippen molar-refractivity contribution < 1.29 is 19.1 Å². The fourth-order valence-corrected chi connectivity index (χ4v) is 1.54. The highest BCUT2D eigenvalue weighted by Crippen LogP contribution is 1.96. The topological polar surface area (TPSA) is 87.7 Å². The second-order valence-electron chi connectivity index (χ2n) is 4.43. The van der Waals surface area contributed by atoms with E-state index >= 15 is 0 Å². The molecule has 0 spiro atoms. The summed E-state index contributed by atoms with van der Waals surface area (Å²) in [5, 5.41) is 0. The molecule has 114 valence electrons. The lowest BCUT2D eigenvalue weighted by molar-refractivity contribution is -0.141. The predicted molar refractivity (Wildman–Crippen MR) is 76.2 cm³/mol. The molecule has 7 heteroatoms. The van der Waals surface area contributed by atoms with Crippen molar-refractivity contribution in [2.24, 2.45) is 0 Å². The number of nitrogens with one attached hydrogen (secondary N) is 2. The van der Waals surface area contributed by atoms with Crippen molar-refractivity contribution in [1.82, 2.24) is 15.8 Å². The minimum Gasteiger partial charge on any atom is -0.469 e. The zero-order valence-electron chi connectivity index (χ0n) is 12.1. The Bertz CT molecular complexity index is 490. The Morgan fingerprint density at radius 3 is 2.43 bits per heavy atom. The third-order valence-corrected chi connectivity index (χ3v) is 2.69. The molecule has 7 nitrogen and oxygen atoms in total. The van der Waals surface area contributed by atoms with Gasteiger partial charge >= 0.3 is 5.97 Å². The van der Waals surface area contributed by atoms with Gasteiger partial charge in [-0.2, -0.15) is 0 Å².